The van der Waals surface area contributed by atoms with E-state index >= 15 is 0 Å². The molecule has 0 bridgehead atoms. The first kappa shape index (κ1) is 17.6. The smallest absolute Gasteiger partial charge is 0.269 e. The largest absolute Gasteiger partial charge is 0.420 e. The highest BCUT2D eigenvalue weighted by molar-refractivity contribution is 6.30. The van der Waals surface area contributed by atoms with E-state index in [1.165, 1.54) is 12.1 Å². The third-order valence-corrected chi connectivity index (χ3v) is 4.76. The van der Waals surface area contributed by atoms with Gasteiger partial charge in [-0.3, -0.25) is 15.2 Å². The van der Waals surface area contributed by atoms with Crippen LogP contribution in [0.25, 0.3) is 11.3 Å². The van der Waals surface area contributed by atoms with Crippen molar-refractivity contribution in [2.75, 3.05) is 0 Å². The molecule has 1 atom stereocenters. The summed E-state index contributed by atoms with van der Waals surface area (Å²) >= 11 is 6.00. The molecule has 0 saturated heterocycles. The highest BCUT2D eigenvalue weighted by atomic mass is 35.5. The van der Waals surface area contributed by atoms with Gasteiger partial charge in [0.2, 0.25) is 11.8 Å². The van der Waals surface area contributed by atoms with Crippen LogP contribution in [0.3, 0.4) is 0 Å². The van der Waals surface area contributed by atoms with Crippen molar-refractivity contribution in [3.05, 3.63) is 86.3 Å². The molecule has 1 aliphatic rings. The fraction of sp³-hybridized carbons (Fsp3) is 0.0526. The third kappa shape index (κ3) is 2.84. The number of nitrogens with one attached hydrogen (secondary N) is 1. The van der Waals surface area contributed by atoms with Gasteiger partial charge in [-0.1, -0.05) is 23.7 Å². The van der Waals surface area contributed by atoms with Crippen molar-refractivity contribution in [2.24, 2.45) is 5.73 Å². The zero-order valence-corrected chi connectivity index (χ0v) is 15.0. The summed E-state index contributed by atoms with van der Waals surface area (Å²) in [5.41, 5.74) is 8.84. The van der Waals surface area contributed by atoms with Crippen LogP contribution in [-0.2, 0) is 0 Å². The molecule has 0 fully saturated rings. The first-order chi connectivity index (χ1) is 13.5. The Kier molecular flexibility index (Phi) is 4.22. The van der Waals surface area contributed by atoms with Crippen LogP contribution in [0.4, 0.5) is 5.69 Å². The Labute approximate surface area is 164 Å². The number of nitrogens with zero attached hydrogens (tertiary/aromatic N) is 3. The number of nitrogens with two attached hydrogens (primary N) is 1. The Bertz CT molecular complexity index is 1140. The number of nitro benzene ring substituents is 1. The molecular formula is C19H12ClN5O3. The standard InChI is InChI=1S/C19H12ClN5O3/c20-12-5-1-10(2-6-12)15-14(9-21)18(22)28-19-16(15)17(23-24-19)11-3-7-13(8-4-11)25(26)27/h1-8,15H,22H2,(H,23,24)/t15-/m1/s1. The Hall–Kier alpha value is -3.83. The second kappa shape index (κ2) is 6.72. The van der Waals surface area contributed by atoms with E-state index in [1.807, 2.05) is 0 Å². The van der Waals surface area contributed by atoms with Crippen molar-refractivity contribution >= 4 is 17.3 Å². The van der Waals surface area contributed by atoms with Crippen LogP contribution < -0.4 is 10.5 Å². The van der Waals surface area contributed by atoms with E-state index in [2.05, 4.69) is 16.3 Å². The normalized spacial score (nSPS) is 15.5. The minimum atomic E-state index is -0.519. The van der Waals surface area contributed by atoms with Crippen LogP contribution in [0.5, 0.6) is 5.88 Å². The van der Waals surface area contributed by atoms with Crippen molar-refractivity contribution in [3.63, 3.8) is 0 Å². The number of fused-ring (bicyclic) bond motifs is 1. The van der Waals surface area contributed by atoms with Gasteiger partial charge in [0.25, 0.3) is 5.69 Å². The summed E-state index contributed by atoms with van der Waals surface area (Å²) in [6.07, 6.45) is 0. The molecule has 0 saturated carbocycles. The Morgan fingerprint density at radius 3 is 2.50 bits per heavy atom. The van der Waals surface area contributed by atoms with Gasteiger partial charge in [-0.2, -0.15) is 5.26 Å². The fourth-order valence-electron chi connectivity index (χ4n) is 3.20. The Balaban J connectivity index is 1.89. The van der Waals surface area contributed by atoms with Crippen molar-refractivity contribution in [1.29, 1.82) is 5.26 Å². The molecule has 1 aromatic heterocycles. The quantitative estimate of drug-likeness (QED) is 0.513. The molecule has 0 radical (unpaired) electrons. The first-order valence-corrected chi connectivity index (χ1v) is 8.53. The average Bonchev–Trinajstić information content (AvgIpc) is 3.11. The maximum absolute atomic E-state index is 10.9. The molecule has 4 rings (SSSR count). The lowest BCUT2D eigenvalue weighted by molar-refractivity contribution is -0.384. The number of halogens is 1. The summed E-state index contributed by atoms with van der Waals surface area (Å²) in [6.45, 7) is 0. The summed E-state index contributed by atoms with van der Waals surface area (Å²) in [7, 11) is 0. The summed E-state index contributed by atoms with van der Waals surface area (Å²) in [4.78, 5) is 10.4. The number of nitro groups is 1. The zero-order chi connectivity index (χ0) is 19.8. The van der Waals surface area contributed by atoms with Gasteiger partial charge in [0.15, 0.2) is 0 Å². The number of aromatic nitrogens is 2. The van der Waals surface area contributed by atoms with E-state index < -0.39 is 10.8 Å². The van der Waals surface area contributed by atoms with E-state index in [9.17, 15) is 15.4 Å². The van der Waals surface area contributed by atoms with E-state index in [0.717, 1.165) is 5.56 Å². The SMILES string of the molecule is N#CC1=C(N)Oc2n[nH]c(-c3ccc([N+](=O)[O-])cc3)c2[C@@H]1c1ccc(Cl)cc1. The van der Waals surface area contributed by atoms with Gasteiger partial charge in [-0.25, -0.2) is 0 Å². The average molecular weight is 394 g/mol. The lowest BCUT2D eigenvalue weighted by Crippen LogP contribution is -2.20. The van der Waals surface area contributed by atoms with Crippen LogP contribution >= 0.6 is 11.6 Å². The summed E-state index contributed by atoms with van der Waals surface area (Å²) in [5.74, 6) is -0.281. The molecule has 0 aliphatic carbocycles. The summed E-state index contributed by atoms with van der Waals surface area (Å²) in [5, 5.41) is 28.2. The molecular weight excluding hydrogens is 382 g/mol. The topological polar surface area (TPSA) is 131 Å². The minimum absolute atomic E-state index is 0.0169. The molecule has 0 amide bonds. The molecule has 9 heteroatoms. The number of ether oxygens (including phenoxy) is 1. The number of allylic oxidation sites excluding steroid dienone is 1. The van der Waals surface area contributed by atoms with Gasteiger partial charge < -0.3 is 10.5 Å². The molecule has 2 aromatic carbocycles. The molecule has 28 heavy (non-hydrogen) atoms. The maximum Gasteiger partial charge on any atom is 0.269 e. The molecule has 2 heterocycles. The lowest BCUT2D eigenvalue weighted by Gasteiger charge is -2.24. The first-order valence-electron chi connectivity index (χ1n) is 8.15. The molecule has 1 aliphatic heterocycles. The number of non-ortho nitro benzene ring substituents is 1. The number of hydrogen-bond acceptors (Lipinski definition) is 6. The lowest BCUT2D eigenvalue weighted by atomic mass is 9.83. The second-order valence-corrected chi connectivity index (χ2v) is 6.53. The predicted molar refractivity (Wildman–Crippen MR) is 101 cm³/mol. The van der Waals surface area contributed by atoms with Crippen LogP contribution in [0.15, 0.2) is 60.0 Å². The summed E-state index contributed by atoms with van der Waals surface area (Å²) < 4.78 is 5.53. The molecule has 3 aromatic rings. The van der Waals surface area contributed by atoms with E-state index in [0.29, 0.717) is 21.8 Å². The minimum Gasteiger partial charge on any atom is -0.420 e. The van der Waals surface area contributed by atoms with Crippen molar-refractivity contribution in [3.8, 4) is 23.2 Å². The number of aromatic amines is 1. The van der Waals surface area contributed by atoms with Crippen LogP contribution in [0.2, 0.25) is 5.02 Å². The number of nitriles is 1. The molecule has 138 valence electrons. The van der Waals surface area contributed by atoms with Gasteiger partial charge in [0.05, 0.1) is 22.1 Å². The van der Waals surface area contributed by atoms with E-state index in [1.54, 1.807) is 36.4 Å². The maximum atomic E-state index is 10.9. The zero-order valence-electron chi connectivity index (χ0n) is 14.2. The van der Waals surface area contributed by atoms with Gasteiger partial charge in [-0.15, -0.1) is 5.10 Å². The molecule has 0 unspecified atom stereocenters. The van der Waals surface area contributed by atoms with Crippen LogP contribution in [0.1, 0.15) is 17.0 Å². The van der Waals surface area contributed by atoms with Crippen molar-refractivity contribution < 1.29 is 9.66 Å². The van der Waals surface area contributed by atoms with Gasteiger partial charge in [0.1, 0.15) is 11.6 Å². The molecule has 0 spiro atoms. The number of H-pyrrole nitrogens is 1. The van der Waals surface area contributed by atoms with Gasteiger partial charge >= 0.3 is 0 Å². The molecule has 3 N–H and O–H groups in total. The molecule has 8 nitrogen and oxygen atoms in total. The van der Waals surface area contributed by atoms with E-state index in [-0.39, 0.29) is 23.0 Å². The van der Waals surface area contributed by atoms with Crippen LogP contribution in [0, 0.1) is 21.4 Å². The highest BCUT2D eigenvalue weighted by Crippen LogP contribution is 2.45. The highest BCUT2D eigenvalue weighted by Gasteiger charge is 2.35. The number of hydrogen-bond donors (Lipinski definition) is 2. The number of rotatable bonds is 3. The Morgan fingerprint density at radius 1 is 1.21 bits per heavy atom. The second-order valence-electron chi connectivity index (χ2n) is 6.10. The fourth-order valence-corrected chi connectivity index (χ4v) is 3.33. The monoisotopic (exact) mass is 393 g/mol. The predicted octanol–water partition coefficient (Wildman–Crippen LogP) is 3.86. The summed E-state index contributed by atoms with van der Waals surface area (Å²) in [6, 6.07) is 15.2. The van der Waals surface area contributed by atoms with Gasteiger partial charge in [-0.05, 0) is 29.8 Å². The third-order valence-electron chi connectivity index (χ3n) is 4.51. The van der Waals surface area contributed by atoms with Crippen molar-refractivity contribution in [1.82, 2.24) is 10.2 Å². The Morgan fingerprint density at radius 2 is 1.89 bits per heavy atom. The van der Waals surface area contributed by atoms with Gasteiger partial charge in [0, 0.05) is 22.7 Å². The number of benzene rings is 2. The van der Waals surface area contributed by atoms with E-state index in [4.69, 9.17) is 22.1 Å². The van der Waals surface area contributed by atoms with Crippen molar-refractivity contribution in [2.45, 2.75) is 5.92 Å². The van der Waals surface area contributed by atoms with Crippen LogP contribution in [-0.4, -0.2) is 15.1 Å².